The van der Waals surface area contributed by atoms with E-state index in [2.05, 4.69) is 0 Å². The number of nitrogens with one attached hydrogen (secondary N) is 1. The van der Waals surface area contributed by atoms with Gasteiger partial charge in [0.05, 0.1) is 11.3 Å². The molecule has 9 heteroatoms. The number of nitrogens with zero attached hydrogens (tertiary/aromatic N) is 1. The normalized spacial score (nSPS) is 17.7. The zero-order valence-corrected chi connectivity index (χ0v) is 12.5. The van der Waals surface area contributed by atoms with Crippen LogP contribution in [-0.2, 0) is 16.4 Å². The molecule has 0 aliphatic carbocycles. The molecule has 1 fully saturated rings. The molecule has 1 aromatic carbocycles. The quantitative estimate of drug-likeness (QED) is 0.914. The van der Waals surface area contributed by atoms with Gasteiger partial charge in [0.25, 0.3) is 0 Å². The number of hydrogen-bond donors (Lipinski definition) is 1. The lowest BCUT2D eigenvalue weighted by atomic mass is 10.2. The van der Waals surface area contributed by atoms with E-state index in [9.17, 15) is 21.6 Å². The van der Waals surface area contributed by atoms with E-state index in [1.807, 2.05) is 4.72 Å². The van der Waals surface area contributed by atoms with E-state index in [0.717, 1.165) is 16.8 Å². The third-order valence-corrected chi connectivity index (χ3v) is 4.94. The van der Waals surface area contributed by atoms with E-state index >= 15 is 0 Å². The van der Waals surface area contributed by atoms with Crippen molar-refractivity contribution in [3.8, 4) is 0 Å². The molecular weight excluding hydrogens is 329 g/mol. The molecule has 1 aliphatic rings. The molecule has 0 bridgehead atoms. The summed E-state index contributed by atoms with van der Waals surface area (Å²) in [5, 5.41) is -0.108. The first kappa shape index (κ1) is 16.4. The predicted molar refractivity (Wildman–Crippen MR) is 74.4 cm³/mol. The summed E-state index contributed by atoms with van der Waals surface area (Å²) in [6, 6.07) is 2.94. The van der Waals surface area contributed by atoms with Crippen LogP contribution in [0.1, 0.15) is 24.8 Å². The number of hydrogen-bond acceptors (Lipinski definition) is 2. The lowest BCUT2D eigenvalue weighted by molar-refractivity contribution is -0.136. The van der Waals surface area contributed by atoms with Gasteiger partial charge in [-0.2, -0.15) is 25.9 Å². The Morgan fingerprint density at radius 2 is 1.76 bits per heavy atom. The lowest BCUT2D eigenvalue weighted by Crippen LogP contribution is -2.39. The fourth-order valence-electron chi connectivity index (χ4n) is 2.15. The molecule has 4 nitrogen and oxygen atoms in total. The van der Waals surface area contributed by atoms with Crippen molar-refractivity contribution in [3.63, 3.8) is 0 Å². The summed E-state index contributed by atoms with van der Waals surface area (Å²) in [6.07, 6.45) is -2.37. The fraction of sp³-hybridized carbons (Fsp3) is 0.500. The molecule has 0 amide bonds. The molecule has 1 heterocycles. The van der Waals surface area contributed by atoms with Crippen LogP contribution in [0.25, 0.3) is 0 Å². The Bertz CT molecular complexity index is 613. The van der Waals surface area contributed by atoms with Crippen LogP contribution >= 0.6 is 11.6 Å². The minimum absolute atomic E-state index is 0.108. The van der Waals surface area contributed by atoms with E-state index in [1.54, 1.807) is 0 Å². The van der Waals surface area contributed by atoms with Crippen molar-refractivity contribution in [2.45, 2.75) is 25.4 Å². The smallest absolute Gasteiger partial charge is 0.270 e. The van der Waals surface area contributed by atoms with Crippen molar-refractivity contribution < 1.29 is 21.6 Å². The standard InChI is InChI=1S/C12H14ClF3N2O2S/c13-9-4-5-11(10(8-9)12(14,15)16)17-21(19,20)18-6-2-1-3-7-18/h4-5,8,17H,1-3,6-7H2. The molecule has 0 radical (unpaired) electrons. The summed E-state index contributed by atoms with van der Waals surface area (Å²) in [6.45, 7) is 0.620. The maximum absolute atomic E-state index is 12.9. The fourth-order valence-corrected chi connectivity index (χ4v) is 3.64. The minimum Gasteiger partial charge on any atom is -0.270 e. The zero-order valence-electron chi connectivity index (χ0n) is 11.0. The van der Waals surface area contributed by atoms with Crippen LogP contribution in [-0.4, -0.2) is 25.8 Å². The molecule has 1 saturated heterocycles. The number of halogens is 4. The molecule has 118 valence electrons. The summed E-state index contributed by atoms with van der Waals surface area (Å²) in [5.74, 6) is 0. The van der Waals surface area contributed by atoms with Crippen molar-refractivity contribution in [1.29, 1.82) is 0 Å². The second kappa shape index (κ2) is 6.02. The first-order chi connectivity index (χ1) is 9.70. The molecule has 0 spiro atoms. The van der Waals surface area contributed by atoms with Gasteiger partial charge in [0.2, 0.25) is 0 Å². The van der Waals surface area contributed by atoms with E-state index in [0.29, 0.717) is 32.0 Å². The van der Waals surface area contributed by atoms with Gasteiger partial charge >= 0.3 is 16.4 Å². The molecule has 1 N–H and O–H groups in total. The Kier molecular flexibility index (Phi) is 4.69. The third-order valence-electron chi connectivity index (χ3n) is 3.18. The van der Waals surface area contributed by atoms with Crippen LogP contribution in [0.3, 0.4) is 0 Å². The van der Waals surface area contributed by atoms with Crippen LogP contribution in [0.4, 0.5) is 18.9 Å². The van der Waals surface area contributed by atoms with Crippen LogP contribution in [0.5, 0.6) is 0 Å². The Morgan fingerprint density at radius 3 is 2.33 bits per heavy atom. The van der Waals surface area contributed by atoms with Gasteiger partial charge in [0, 0.05) is 18.1 Å². The molecule has 2 rings (SSSR count). The van der Waals surface area contributed by atoms with Gasteiger partial charge in [-0.15, -0.1) is 0 Å². The average molecular weight is 343 g/mol. The highest BCUT2D eigenvalue weighted by molar-refractivity contribution is 7.90. The van der Waals surface area contributed by atoms with Gasteiger partial charge in [-0.25, -0.2) is 0 Å². The molecule has 0 unspecified atom stereocenters. The molecule has 1 aromatic rings. The summed E-state index contributed by atoms with van der Waals surface area (Å²) < 4.78 is 66.3. The SMILES string of the molecule is O=S(=O)(Nc1ccc(Cl)cc1C(F)(F)F)N1CCCCC1. The van der Waals surface area contributed by atoms with Crippen LogP contribution in [0.2, 0.25) is 5.02 Å². The Balaban J connectivity index is 2.30. The van der Waals surface area contributed by atoms with Crippen molar-refractivity contribution in [3.05, 3.63) is 28.8 Å². The van der Waals surface area contributed by atoms with Crippen LogP contribution < -0.4 is 4.72 Å². The molecular formula is C12H14ClF3N2O2S. The molecule has 0 atom stereocenters. The zero-order chi connectivity index (χ0) is 15.7. The monoisotopic (exact) mass is 342 g/mol. The topological polar surface area (TPSA) is 49.4 Å². The number of anilines is 1. The lowest BCUT2D eigenvalue weighted by Gasteiger charge is -2.27. The Morgan fingerprint density at radius 1 is 1.14 bits per heavy atom. The van der Waals surface area contributed by atoms with Crippen molar-refractivity contribution in [2.24, 2.45) is 0 Å². The average Bonchev–Trinajstić information content (AvgIpc) is 2.40. The largest absolute Gasteiger partial charge is 0.418 e. The van der Waals surface area contributed by atoms with Crippen molar-refractivity contribution in [1.82, 2.24) is 4.31 Å². The highest BCUT2D eigenvalue weighted by Crippen LogP contribution is 2.37. The number of piperidine rings is 1. The third kappa shape index (κ3) is 4.02. The second-order valence-corrected chi connectivity index (χ2v) is 6.86. The minimum atomic E-state index is -4.69. The first-order valence-corrected chi connectivity index (χ1v) is 8.16. The number of benzene rings is 1. The van der Waals surface area contributed by atoms with Gasteiger partial charge in [-0.3, -0.25) is 4.72 Å². The summed E-state index contributed by atoms with van der Waals surface area (Å²) in [5.41, 5.74) is -1.62. The Hall–Kier alpha value is -0.990. The maximum Gasteiger partial charge on any atom is 0.418 e. The Labute approximate surface area is 126 Å². The number of rotatable bonds is 3. The summed E-state index contributed by atoms with van der Waals surface area (Å²) in [7, 11) is -3.99. The highest BCUT2D eigenvalue weighted by Gasteiger charge is 2.35. The summed E-state index contributed by atoms with van der Waals surface area (Å²) >= 11 is 5.56. The van der Waals surface area contributed by atoms with E-state index in [1.165, 1.54) is 6.07 Å². The van der Waals surface area contributed by atoms with Gasteiger partial charge in [0.15, 0.2) is 0 Å². The van der Waals surface area contributed by atoms with Crippen molar-refractivity contribution >= 4 is 27.5 Å². The van der Waals surface area contributed by atoms with Gasteiger partial charge in [-0.1, -0.05) is 18.0 Å². The maximum atomic E-state index is 12.9. The van der Waals surface area contributed by atoms with E-state index < -0.39 is 27.6 Å². The van der Waals surface area contributed by atoms with E-state index in [-0.39, 0.29) is 5.02 Å². The predicted octanol–water partition coefficient (Wildman–Crippen LogP) is 3.50. The molecule has 0 saturated carbocycles. The number of alkyl halides is 3. The summed E-state index contributed by atoms with van der Waals surface area (Å²) in [4.78, 5) is 0. The molecule has 1 aliphatic heterocycles. The molecule has 0 aromatic heterocycles. The first-order valence-electron chi connectivity index (χ1n) is 6.35. The molecule has 21 heavy (non-hydrogen) atoms. The van der Waals surface area contributed by atoms with E-state index in [4.69, 9.17) is 11.6 Å². The van der Waals surface area contributed by atoms with Gasteiger partial charge < -0.3 is 0 Å². The van der Waals surface area contributed by atoms with Crippen LogP contribution in [0.15, 0.2) is 18.2 Å². The van der Waals surface area contributed by atoms with Crippen molar-refractivity contribution in [2.75, 3.05) is 17.8 Å². The highest BCUT2D eigenvalue weighted by atomic mass is 35.5. The second-order valence-electron chi connectivity index (χ2n) is 4.75. The van der Waals surface area contributed by atoms with Gasteiger partial charge in [0.1, 0.15) is 0 Å². The van der Waals surface area contributed by atoms with Gasteiger partial charge in [-0.05, 0) is 31.0 Å². The van der Waals surface area contributed by atoms with Crippen LogP contribution in [0, 0.1) is 0 Å².